The van der Waals surface area contributed by atoms with Gasteiger partial charge >= 0.3 is 0 Å². The predicted molar refractivity (Wildman–Crippen MR) is 119 cm³/mol. The maximum atomic E-state index is 5.65. The minimum atomic E-state index is -0.00226. The van der Waals surface area contributed by atoms with E-state index < -0.39 is 0 Å². The smallest absolute Gasteiger partial charge is 0.171 e. The van der Waals surface area contributed by atoms with Crippen LogP contribution in [0.4, 0.5) is 5.69 Å². The van der Waals surface area contributed by atoms with Crippen molar-refractivity contribution in [2.75, 3.05) is 5.32 Å². The fourth-order valence-electron chi connectivity index (χ4n) is 3.38. The van der Waals surface area contributed by atoms with Crippen LogP contribution in [0, 0.1) is 27.7 Å². The lowest BCUT2D eigenvalue weighted by Crippen LogP contribution is -2.33. The number of aryl methyl sites for hydroxylation is 4. The maximum Gasteiger partial charge on any atom is 0.171 e. The Hall–Kier alpha value is -2.65. The van der Waals surface area contributed by atoms with Crippen molar-refractivity contribution in [2.24, 2.45) is 0 Å². The first kappa shape index (κ1) is 19.1. The molecule has 0 radical (unpaired) electrons. The van der Waals surface area contributed by atoms with Gasteiger partial charge in [0.1, 0.15) is 0 Å². The molecule has 0 aliphatic carbocycles. The van der Waals surface area contributed by atoms with Crippen LogP contribution in [0.15, 0.2) is 66.7 Å². The van der Waals surface area contributed by atoms with Gasteiger partial charge in [-0.05, 0) is 68.2 Å². The molecule has 3 heteroatoms. The standard InChI is InChI=1S/C24H26N2S/c1-16-10-12-21(18(3)14-16)23(20-8-6-5-7-9-20)26-24(27)25-22-13-11-17(2)15-19(22)4/h5-15,23H,1-4H3,(H2,25,26,27). The number of anilines is 1. The van der Waals surface area contributed by atoms with Gasteiger partial charge in [0.05, 0.1) is 6.04 Å². The average Bonchev–Trinajstić information content (AvgIpc) is 2.63. The first-order valence-corrected chi connectivity index (χ1v) is 9.62. The normalized spacial score (nSPS) is 11.7. The van der Waals surface area contributed by atoms with Crippen molar-refractivity contribution in [1.82, 2.24) is 5.32 Å². The summed E-state index contributed by atoms with van der Waals surface area (Å²) in [6.45, 7) is 8.46. The minimum absolute atomic E-state index is 0.00226. The molecule has 0 saturated heterocycles. The van der Waals surface area contributed by atoms with E-state index in [0.29, 0.717) is 5.11 Å². The number of rotatable bonds is 4. The highest BCUT2D eigenvalue weighted by Gasteiger charge is 2.17. The van der Waals surface area contributed by atoms with Crippen molar-refractivity contribution < 1.29 is 0 Å². The lowest BCUT2D eigenvalue weighted by Gasteiger charge is -2.24. The van der Waals surface area contributed by atoms with Gasteiger partial charge in [0, 0.05) is 5.69 Å². The van der Waals surface area contributed by atoms with Gasteiger partial charge in [-0.25, -0.2) is 0 Å². The molecule has 0 aliphatic heterocycles. The largest absolute Gasteiger partial charge is 0.352 e. The van der Waals surface area contributed by atoms with E-state index in [-0.39, 0.29) is 6.04 Å². The fraction of sp³-hybridized carbons (Fsp3) is 0.208. The van der Waals surface area contributed by atoms with Gasteiger partial charge in [-0.15, -0.1) is 0 Å². The second-order valence-electron chi connectivity index (χ2n) is 7.12. The molecule has 0 aromatic heterocycles. The van der Waals surface area contributed by atoms with Crippen LogP contribution in [0.5, 0.6) is 0 Å². The van der Waals surface area contributed by atoms with Crippen molar-refractivity contribution >= 4 is 23.0 Å². The zero-order valence-corrected chi connectivity index (χ0v) is 17.2. The van der Waals surface area contributed by atoms with E-state index in [0.717, 1.165) is 5.69 Å². The van der Waals surface area contributed by atoms with Gasteiger partial charge in [0.25, 0.3) is 0 Å². The molecule has 0 amide bonds. The van der Waals surface area contributed by atoms with Crippen molar-refractivity contribution in [3.63, 3.8) is 0 Å². The van der Waals surface area contributed by atoms with Crippen molar-refractivity contribution in [1.29, 1.82) is 0 Å². The number of nitrogens with one attached hydrogen (secondary N) is 2. The maximum absolute atomic E-state index is 5.65. The highest BCUT2D eigenvalue weighted by molar-refractivity contribution is 7.80. The number of hydrogen-bond donors (Lipinski definition) is 2. The third-order valence-corrected chi connectivity index (χ3v) is 4.99. The summed E-state index contributed by atoms with van der Waals surface area (Å²) in [6, 6.07) is 23.3. The highest BCUT2D eigenvalue weighted by Crippen LogP contribution is 2.26. The van der Waals surface area contributed by atoms with Crippen LogP contribution in [-0.2, 0) is 0 Å². The lowest BCUT2D eigenvalue weighted by molar-refractivity contribution is 0.762. The Balaban J connectivity index is 1.88. The van der Waals surface area contributed by atoms with Crippen LogP contribution in [0.2, 0.25) is 0 Å². The molecule has 3 rings (SSSR count). The van der Waals surface area contributed by atoms with Gasteiger partial charge in [0.15, 0.2) is 5.11 Å². The predicted octanol–water partition coefficient (Wildman–Crippen LogP) is 6.00. The van der Waals surface area contributed by atoms with Gasteiger partial charge in [-0.3, -0.25) is 0 Å². The number of thiocarbonyl (C=S) groups is 1. The summed E-state index contributed by atoms with van der Waals surface area (Å²) >= 11 is 5.65. The molecule has 1 atom stereocenters. The quantitative estimate of drug-likeness (QED) is 0.548. The van der Waals surface area contributed by atoms with Crippen LogP contribution in [-0.4, -0.2) is 5.11 Å². The van der Waals surface area contributed by atoms with Gasteiger partial charge in [-0.1, -0.05) is 71.8 Å². The summed E-state index contributed by atoms with van der Waals surface area (Å²) < 4.78 is 0. The van der Waals surface area contributed by atoms with E-state index in [1.807, 2.05) is 6.07 Å². The van der Waals surface area contributed by atoms with Crippen molar-refractivity contribution in [2.45, 2.75) is 33.7 Å². The van der Waals surface area contributed by atoms with E-state index in [1.165, 1.54) is 33.4 Å². The molecule has 27 heavy (non-hydrogen) atoms. The Morgan fingerprint density at radius 1 is 0.778 bits per heavy atom. The second kappa shape index (κ2) is 8.36. The Kier molecular flexibility index (Phi) is 5.92. The van der Waals surface area contributed by atoms with E-state index in [9.17, 15) is 0 Å². The summed E-state index contributed by atoms with van der Waals surface area (Å²) in [7, 11) is 0. The Bertz CT molecular complexity index is 948. The van der Waals surface area contributed by atoms with Crippen molar-refractivity contribution in [3.05, 3.63) is 100 Å². The van der Waals surface area contributed by atoms with E-state index in [4.69, 9.17) is 12.2 Å². The number of benzene rings is 3. The topological polar surface area (TPSA) is 24.1 Å². The summed E-state index contributed by atoms with van der Waals surface area (Å²) in [5.74, 6) is 0. The molecule has 0 spiro atoms. The van der Waals surface area contributed by atoms with Crippen LogP contribution in [0.25, 0.3) is 0 Å². The fourth-order valence-corrected chi connectivity index (χ4v) is 3.61. The summed E-state index contributed by atoms with van der Waals surface area (Å²) in [6.07, 6.45) is 0. The molecule has 0 saturated carbocycles. The lowest BCUT2D eigenvalue weighted by atomic mass is 9.94. The van der Waals surface area contributed by atoms with Crippen LogP contribution >= 0.6 is 12.2 Å². The molecule has 0 bridgehead atoms. The molecule has 3 aromatic carbocycles. The van der Waals surface area contributed by atoms with E-state index >= 15 is 0 Å². The van der Waals surface area contributed by atoms with Crippen LogP contribution in [0.1, 0.15) is 39.4 Å². The summed E-state index contributed by atoms with van der Waals surface area (Å²) in [5.41, 5.74) is 8.40. The summed E-state index contributed by atoms with van der Waals surface area (Å²) in [5, 5.41) is 7.50. The third-order valence-electron chi connectivity index (χ3n) is 4.77. The van der Waals surface area contributed by atoms with E-state index in [2.05, 4.69) is 99.0 Å². The zero-order valence-electron chi connectivity index (χ0n) is 16.3. The van der Waals surface area contributed by atoms with Gasteiger partial charge in [-0.2, -0.15) is 0 Å². The molecule has 0 heterocycles. The SMILES string of the molecule is Cc1ccc(NC(=S)NC(c2ccccc2)c2ccc(C)cc2C)c(C)c1. The van der Waals surface area contributed by atoms with E-state index in [1.54, 1.807) is 0 Å². The first-order chi connectivity index (χ1) is 12.9. The molecule has 2 nitrogen and oxygen atoms in total. The Morgan fingerprint density at radius 2 is 1.41 bits per heavy atom. The van der Waals surface area contributed by atoms with Crippen LogP contribution < -0.4 is 10.6 Å². The second-order valence-corrected chi connectivity index (χ2v) is 7.53. The van der Waals surface area contributed by atoms with Crippen LogP contribution in [0.3, 0.4) is 0 Å². The molecule has 0 aliphatic rings. The molecular formula is C24H26N2S. The third kappa shape index (κ3) is 4.75. The molecule has 138 valence electrons. The zero-order chi connectivity index (χ0) is 19.4. The first-order valence-electron chi connectivity index (χ1n) is 9.21. The van der Waals surface area contributed by atoms with Gasteiger partial charge in [0.2, 0.25) is 0 Å². The monoisotopic (exact) mass is 374 g/mol. The minimum Gasteiger partial charge on any atom is -0.352 e. The van der Waals surface area contributed by atoms with Crippen molar-refractivity contribution in [3.8, 4) is 0 Å². The molecule has 1 unspecified atom stereocenters. The number of hydrogen-bond acceptors (Lipinski definition) is 1. The Labute approximate surface area is 167 Å². The average molecular weight is 375 g/mol. The Morgan fingerprint density at radius 3 is 2.04 bits per heavy atom. The molecule has 2 N–H and O–H groups in total. The molecular weight excluding hydrogens is 348 g/mol. The summed E-state index contributed by atoms with van der Waals surface area (Å²) in [4.78, 5) is 0. The highest BCUT2D eigenvalue weighted by atomic mass is 32.1. The molecule has 3 aromatic rings. The van der Waals surface area contributed by atoms with Gasteiger partial charge < -0.3 is 10.6 Å². The molecule has 0 fully saturated rings.